The molecular weight excluding hydrogens is 222 g/mol. The van der Waals surface area contributed by atoms with Crippen LogP contribution in [0.3, 0.4) is 0 Å². The molecular formula is C12H17NO2S. The first-order valence-electron chi connectivity index (χ1n) is 5.46. The maximum absolute atomic E-state index is 11.7. The molecule has 0 unspecified atom stereocenters. The summed E-state index contributed by atoms with van der Waals surface area (Å²) in [5.41, 5.74) is -0.577. The molecule has 0 aromatic carbocycles. The largest absolute Gasteiger partial charge is 0.444 e. The summed E-state index contributed by atoms with van der Waals surface area (Å²) in [5.74, 6) is 0. The van der Waals surface area contributed by atoms with Crippen LogP contribution in [0.15, 0.2) is 17.5 Å². The van der Waals surface area contributed by atoms with E-state index in [4.69, 9.17) is 4.74 Å². The van der Waals surface area contributed by atoms with E-state index >= 15 is 0 Å². The van der Waals surface area contributed by atoms with Crippen LogP contribution in [0.25, 0.3) is 0 Å². The number of carbonyl (C=O) groups is 1. The average molecular weight is 239 g/mol. The van der Waals surface area contributed by atoms with E-state index in [9.17, 15) is 4.79 Å². The van der Waals surface area contributed by atoms with E-state index in [0.29, 0.717) is 0 Å². The summed E-state index contributed by atoms with van der Waals surface area (Å²) < 4.78 is 5.27. The van der Waals surface area contributed by atoms with Crippen molar-refractivity contribution in [1.82, 2.24) is 5.32 Å². The topological polar surface area (TPSA) is 38.3 Å². The molecule has 0 aliphatic heterocycles. The molecule has 1 heterocycles. The number of carbonyl (C=O) groups excluding carboxylic acids is 1. The van der Waals surface area contributed by atoms with Crippen molar-refractivity contribution >= 4 is 17.4 Å². The first-order valence-corrected chi connectivity index (χ1v) is 6.34. The Bertz CT molecular complexity index is 374. The highest BCUT2D eigenvalue weighted by Gasteiger charge is 2.47. The van der Waals surface area contributed by atoms with Gasteiger partial charge in [-0.2, -0.15) is 0 Å². The first-order chi connectivity index (χ1) is 7.41. The first kappa shape index (κ1) is 11.5. The molecule has 1 aliphatic rings. The highest BCUT2D eigenvalue weighted by Crippen LogP contribution is 2.47. The van der Waals surface area contributed by atoms with E-state index in [1.807, 2.05) is 32.2 Å². The van der Waals surface area contributed by atoms with Gasteiger partial charge in [0.05, 0.1) is 5.54 Å². The number of hydrogen-bond donors (Lipinski definition) is 1. The molecule has 1 aromatic rings. The predicted octanol–water partition coefficient (Wildman–Crippen LogP) is 3.26. The summed E-state index contributed by atoms with van der Waals surface area (Å²) in [5, 5.41) is 5.01. The molecule has 3 nitrogen and oxygen atoms in total. The molecule has 4 heteroatoms. The fourth-order valence-corrected chi connectivity index (χ4v) is 2.55. The summed E-state index contributed by atoms with van der Waals surface area (Å²) in [6.45, 7) is 5.62. The van der Waals surface area contributed by atoms with Crippen molar-refractivity contribution in [2.45, 2.75) is 44.8 Å². The van der Waals surface area contributed by atoms with Crippen LogP contribution in [0.1, 0.15) is 38.5 Å². The van der Waals surface area contributed by atoms with Gasteiger partial charge in [0.15, 0.2) is 0 Å². The van der Waals surface area contributed by atoms with E-state index in [-0.39, 0.29) is 11.6 Å². The van der Waals surface area contributed by atoms with Gasteiger partial charge in [-0.15, -0.1) is 11.3 Å². The van der Waals surface area contributed by atoms with E-state index in [0.717, 1.165) is 12.8 Å². The Labute approximate surface area is 99.8 Å². The van der Waals surface area contributed by atoms with Crippen LogP contribution >= 0.6 is 11.3 Å². The highest BCUT2D eigenvalue weighted by molar-refractivity contribution is 7.10. The second-order valence-corrected chi connectivity index (χ2v) is 6.13. The number of alkyl carbamates (subject to hydrolysis) is 1. The Kier molecular flexibility index (Phi) is 2.70. The molecule has 1 N–H and O–H groups in total. The number of hydrogen-bond acceptors (Lipinski definition) is 3. The second kappa shape index (κ2) is 3.77. The lowest BCUT2D eigenvalue weighted by Gasteiger charge is -2.22. The van der Waals surface area contributed by atoms with Crippen molar-refractivity contribution in [3.63, 3.8) is 0 Å². The third-order valence-electron chi connectivity index (χ3n) is 2.48. The maximum Gasteiger partial charge on any atom is 0.408 e. The van der Waals surface area contributed by atoms with Gasteiger partial charge in [0.1, 0.15) is 5.60 Å². The van der Waals surface area contributed by atoms with Crippen molar-refractivity contribution in [2.75, 3.05) is 0 Å². The van der Waals surface area contributed by atoms with E-state index < -0.39 is 5.60 Å². The van der Waals surface area contributed by atoms with Crippen LogP contribution in [0.4, 0.5) is 4.79 Å². The van der Waals surface area contributed by atoms with Crippen molar-refractivity contribution in [1.29, 1.82) is 0 Å². The van der Waals surface area contributed by atoms with Gasteiger partial charge in [-0.05, 0) is 45.1 Å². The smallest absolute Gasteiger partial charge is 0.408 e. The molecule has 88 valence electrons. The second-order valence-electron chi connectivity index (χ2n) is 5.19. The number of nitrogens with one attached hydrogen (secondary N) is 1. The summed E-state index contributed by atoms with van der Waals surface area (Å²) in [6.07, 6.45) is 1.69. The minimum Gasteiger partial charge on any atom is -0.444 e. The molecule has 0 radical (unpaired) electrons. The normalized spacial score (nSPS) is 17.9. The van der Waals surface area contributed by atoms with Gasteiger partial charge in [-0.1, -0.05) is 6.07 Å². The third kappa shape index (κ3) is 2.55. The highest BCUT2D eigenvalue weighted by atomic mass is 32.1. The van der Waals surface area contributed by atoms with Crippen LogP contribution in [0.2, 0.25) is 0 Å². The Balaban J connectivity index is 1.98. The number of amides is 1. The minimum absolute atomic E-state index is 0.142. The number of rotatable bonds is 2. The SMILES string of the molecule is CC(C)(C)OC(=O)NC1(c2cccs2)CC1. The standard InChI is InChI=1S/C12H17NO2S/c1-11(2,3)15-10(14)13-12(6-7-12)9-5-4-8-16-9/h4-5,8H,6-7H2,1-3H3,(H,13,14). The summed E-state index contributed by atoms with van der Waals surface area (Å²) in [7, 11) is 0. The molecule has 1 aromatic heterocycles. The van der Waals surface area contributed by atoms with Crippen molar-refractivity contribution in [2.24, 2.45) is 0 Å². The number of thiophene rings is 1. The zero-order valence-corrected chi connectivity index (χ0v) is 10.7. The molecule has 0 spiro atoms. The molecule has 2 rings (SSSR count). The molecule has 1 aliphatic carbocycles. The summed E-state index contributed by atoms with van der Waals surface area (Å²) >= 11 is 1.68. The fourth-order valence-electron chi connectivity index (χ4n) is 1.61. The lowest BCUT2D eigenvalue weighted by Crippen LogP contribution is -2.38. The van der Waals surface area contributed by atoms with Gasteiger partial charge in [0.2, 0.25) is 0 Å². The molecule has 1 amide bonds. The molecule has 0 saturated heterocycles. The summed E-state index contributed by atoms with van der Waals surface area (Å²) in [4.78, 5) is 12.9. The van der Waals surface area contributed by atoms with Crippen LogP contribution in [-0.4, -0.2) is 11.7 Å². The van der Waals surface area contributed by atoms with Crippen LogP contribution < -0.4 is 5.32 Å². The fraction of sp³-hybridized carbons (Fsp3) is 0.583. The Hall–Kier alpha value is -1.03. The average Bonchev–Trinajstić information content (AvgIpc) is 2.71. The Morgan fingerprint density at radius 2 is 2.19 bits per heavy atom. The van der Waals surface area contributed by atoms with E-state index in [2.05, 4.69) is 11.4 Å². The van der Waals surface area contributed by atoms with Crippen molar-refractivity contribution in [3.05, 3.63) is 22.4 Å². The lowest BCUT2D eigenvalue weighted by molar-refractivity contribution is 0.0496. The quantitative estimate of drug-likeness (QED) is 0.860. The molecule has 1 saturated carbocycles. The van der Waals surface area contributed by atoms with Gasteiger partial charge < -0.3 is 10.1 Å². The van der Waals surface area contributed by atoms with Gasteiger partial charge in [0.25, 0.3) is 0 Å². The Morgan fingerprint density at radius 3 is 2.62 bits per heavy atom. The van der Waals surface area contributed by atoms with Gasteiger partial charge in [0, 0.05) is 4.88 Å². The van der Waals surface area contributed by atoms with Crippen LogP contribution in [-0.2, 0) is 10.3 Å². The van der Waals surface area contributed by atoms with Crippen molar-refractivity contribution < 1.29 is 9.53 Å². The third-order valence-corrected chi connectivity index (χ3v) is 3.56. The lowest BCUT2D eigenvalue weighted by atomic mass is 10.2. The Morgan fingerprint density at radius 1 is 1.50 bits per heavy atom. The van der Waals surface area contributed by atoms with Gasteiger partial charge >= 0.3 is 6.09 Å². The molecule has 0 atom stereocenters. The molecule has 0 bridgehead atoms. The van der Waals surface area contributed by atoms with Crippen LogP contribution in [0, 0.1) is 0 Å². The maximum atomic E-state index is 11.7. The van der Waals surface area contributed by atoms with Crippen molar-refractivity contribution in [3.8, 4) is 0 Å². The monoisotopic (exact) mass is 239 g/mol. The predicted molar refractivity (Wildman–Crippen MR) is 64.6 cm³/mol. The zero-order chi connectivity index (χ0) is 11.8. The van der Waals surface area contributed by atoms with E-state index in [1.165, 1.54) is 4.88 Å². The molecule has 16 heavy (non-hydrogen) atoms. The van der Waals surface area contributed by atoms with E-state index in [1.54, 1.807) is 11.3 Å². The van der Waals surface area contributed by atoms with Crippen LogP contribution in [0.5, 0.6) is 0 Å². The van der Waals surface area contributed by atoms with Gasteiger partial charge in [-0.3, -0.25) is 0 Å². The number of ether oxygens (including phenoxy) is 1. The summed E-state index contributed by atoms with van der Waals surface area (Å²) in [6, 6.07) is 4.08. The molecule has 1 fully saturated rings. The zero-order valence-electron chi connectivity index (χ0n) is 9.87. The minimum atomic E-state index is -0.435. The van der Waals surface area contributed by atoms with Gasteiger partial charge in [-0.25, -0.2) is 4.79 Å².